The fourth-order valence-corrected chi connectivity index (χ4v) is 4.79. The van der Waals surface area contributed by atoms with E-state index >= 15 is 0 Å². The Bertz CT molecular complexity index is 899. The highest BCUT2D eigenvalue weighted by Gasteiger charge is 2.24. The van der Waals surface area contributed by atoms with Crippen LogP contribution >= 0.6 is 11.3 Å². The highest BCUT2D eigenvalue weighted by Crippen LogP contribution is 2.27. The van der Waals surface area contributed by atoms with Crippen LogP contribution in [0, 0.1) is 12.8 Å². The van der Waals surface area contributed by atoms with Crippen LogP contribution in [0.25, 0.3) is 0 Å². The number of nitrogens with zero attached hydrogens (tertiary/aromatic N) is 1. The normalized spacial score (nSPS) is 18.4. The van der Waals surface area contributed by atoms with Gasteiger partial charge in [-0.1, -0.05) is 18.2 Å². The predicted octanol–water partition coefficient (Wildman–Crippen LogP) is 4.55. The SMILES string of the molecule is Cc1c(NC(=O)C[C@H]2C=CCC2)cccc1C(=O)N1CCc2sccc2C1. The van der Waals surface area contributed by atoms with Crippen molar-refractivity contribution in [3.05, 3.63) is 63.4 Å². The lowest BCUT2D eigenvalue weighted by Crippen LogP contribution is -2.35. The zero-order valence-electron chi connectivity index (χ0n) is 15.5. The molecule has 2 aromatic rings. The second-order valence-corrected chi connectivity index (χ2v) is 8.34. The van der Waals surface area contributed by atoms with Crippen molar-refractivity contribution in [2.45, 2.75) is 39.2 Å². The summed E-state index contributed by atoms with van der Waals surface area (Å²) in [5, 5.41) is 5.10. The van der Waals surface area contributed by atoms with Gasteiger partial charge in [0.15, 0.2) is 0 Å². The van der Waals surface area contributed by atoms with Crippen molar-refractivity contribution < 1.29 is 9.59 Å². The molecule has 2 amide bonds. The van der Waals surface area contributed by atoms with Crippen molar-refractivity contribution in [1.29, 1.82) is 0 Å². The molecule has 2 heterocycles. The number of nitrogens with one attached hydrogen (secondary N) is 1. The molecule has 1 aliphatic heterocycles. The molecule has 0 spiro atoms. The van der Waals surface area contributed by atoms with E-state index in [9.17, 15) is 9.59 Å². The molecule has 0 unspecified atom stereocenters. The number of thiophene rings is 1. The molecule has 5 heteroatoms. The monoisotopic (exact) mass is 380 g/mol. The van der Waals surface area contributed by atoms with Crippen molar-refractivity contribution in [2.75, 3.05) is 11.9 Å². The summed E-state index contributed by atoms with van der Waals surface area (Å²) in [4.78, 5) is 28.7. The van der Waals surface area contributed by atoms with Gasteiger partial charge >= 0.3 is 0 Å². The molecule has 140 valence electrons. The Morgan fingerprint density at radius 3 is 3.00 bits per heavy atom. The average Bonchev–Trinajstić information content (AvgIpc) is 3.33. The number of hydrogen-bond acceptors (Lipinski definition) is 3. The van der Waals surface area contributed by atoms with E-state index in [1.54, 1.807) is 11.3 Å². The van der Waals surface area contributed by atoms with Gasteiger partial charge in [0.2, 0.25) is 5.91 Å². The van der Waals surface area contributed by atoms with Gasteiger partial charge in [-0.05, 0) is 66.8 Å². The van der Waals surface area contributed by atoms with Crippen molar-refractivity contribution in [1.82, 2.24) is 4.90 Å². The number of amides is 2. The molecule has 0 saturated heterocycles. The van der Waals surface area contributed by atoms with E-state index in [1.165, 1.54) is 10.4 Å². The summed E-state index contributed by atoms with van der Waals surface area (Å²) in [6.45, 7) is 3.33. The fourth-order valence-electron chi connectivity index (χ4n) is 3.90. The maximum absolute atomic E-state index is 13.1. The highest BCUT2D eigenvalue weighted by atomic mass is 32.1. The number of fused-ring (bicyclic) bond motifs is 1. The minimum Gasteiger partial charge on any atom is -0.334 e. The zero-order valence-corrected chi connectivity index (χ0v) is 16.3. The topological polar surface area (TPSA) is 49.4 Å². The molecule has 4 rings (SSSR count). The summed E-state index contributed by atoms with van der Waals surface area (Å²) in [6, 6.07) is 7.70. The van der Waals surface area contributed by atoms with E-state index in [1.807, 2.05) is 30.0 Å². The minimum absolute atomic E-state index is 0.0140. The summed E-state index contributed by atoms with van der Waals surface area (Å²) in [6.07, 6.45) is 7.79. The van der Waals surface area contributed by atoms with Gasteiger partial charge in [-0.2, -0.15) is 0 Å². The number of rotatable bonds is 4. The first kappa shape index (κ1) is 18.0. The van der Waals surface area contributed by atoms with Crippen LogP contribution in [-0.2, 0) is 17.8 Å². The Labute approximate surface area is 163 Å². The first-order valence-electron chi connectivity index (χ1n) is 9.52. The first-order valence-corrected chi connectivity index (χ1v) is 10.4. The van der Waals surface area contributed by atoms with Crippen LogP contribution in [0.2, 0.25) is 0 Å². The number of carbonyl (C=O) groups excluding carboxylic acids is 2. The van der Waals surface area contributed by atoms with E-state index in [0.29, 0.717) is 24.4 Å². The Balaban J connectivity index is 1.47. The maximum atomic E-state index is 13.1. The molecule has 4 nitrogen and oxygen atoms in total. The number of benzene rings is 1. The molecule has 1 aliphatic carbocycles. The second kappa shape index (κ2) is 7.69. The summed E-state index contributed by atoms with van der Waals surface area (Å²) in [7, 11) is 0. The van der Waals surface area contributed by atoms with Crippen LogP contribution in [0.5, 0.6) is 0 Å². The molecule has 0 radical (unpaired) electrons. The standard InChI is InChI=1S/C22H24N2O2S/c1-15-18(22(26)24-11-9-20-17(14-24)10-12-27-20)7-4-8-19(15)23-21(25)13-16-5-2-3-6-16/h2,4-5,7-8,10,12,16H,3,6,9,11,13-14H2,1H3,(H,23,25)/t16-/m0/s1. The van der Waals surface area contributed by atoms with Gasteiger partial charge in [0.1, 0.15) is 0 Å². The molecule has 1 atom stereocenters. The molecule has 0 fully saturated rings. The molecule has 1 aromatic carbocycles. The summed E-state index contributed by atoms with van der Waals surface area (Å²) in [5.41, 5.74) is 3.51. The van der Waals surface area contributed by atoms with Crippen LogP contribution in [-0.4, -0.2) is 23.3 Å². The van der Waals surface area contributed by atoms with Gasteiger partial charge in [-0.3, -0.25) is 9.59 Å². The minimum atomic E-state index is 0.0140. The van der Waals surface area contributed by atoms with Gasteiger partial charge in [0, 0.05) is 35.6 Å². The van der Waals surface area contributed by atoms with Crippen LogP contribution < -0.4 is 5.32 Å². The van der Waals surface area contributed by atoms with Crippen molar-refractivity contribution in [3.63, 3.8) is 0 Å². The number of anilines is 1. The first-order chi connectivity index (χ1) is 13.1. The maximum Gasteiger partial charge on any atom is 0.254 e. The van der Waals surface area contributed by atoms with E-state index in [4.69, 9.17) is 0 Å². The predicted molar refractivity (Wildman–Crippen MR) is 109 cm³/mol. The number of hydrogen-bond donors (Lipinski definition) is 1. The Morgan fingerprint density at radius 2 is 2.19 bits per heavy atom. The quantitative estimate of drug-likeness (QED) is 0.791. The van der Waals surface area contributed by atoms with E-state index in [-0.39, 0.29) is 11.8 Å². The van der Waals surface area contributed by atoms with Crippen LogP contribution in [0.3, 0.4) is 0 Å². The lowest BCUT2D eigenvalue weighted by atomic mass is 10.0. The van der Waals surface area contributed by atoms with Gasteiger partial charge < -0.3 is 10.2 Å². The van der Waals surface area contributed by atoms with E-state index in [0.717, 1.165) is 37.1 Å². The summed E-state index contributed by atoms with van der Waals surface area (Å²) >= 11 is 1.77. The van der Waals surface area contributed by atoms with Crippen molar-refractivity contribution >= 4 is 28.8 Å². The van der Waals surface area contributed by atoms with Crippen molar-refractivity contribution in [3.8, 4) is 0 Å². The molecule has 0 saturated carbocycles. The fraction of sp³-hybridized carbons (Fsp3) is 0.364. The van der Waals surface area contributed by atoms with Crippen LogP contribution in [0.15, 0.2) is 41.8 Å². The summed E-state index contributed by atoms with van der Waals surface area (Å²) < 4.78 is 0. The zero-order chi connectivity index (χ0) is 18.8. The lowest BCUT2D eigenvalue weighted by molar-refractivity contribution is -0.116. The molecule has 27 heavy (non-hydrogen) atoms. The smallest absolute Gasteiger partial charge is 0.254 e. The average molecular weight is 381 g/mol. The summed E-state index contributed by atoms with van der Waals surface area (Å²) in [5.74, 6) is 0.391. The van der Waals surface area contributed by atoms with Crippen LogP contribution in [0.4, 0.5) is 5.69 Å². The Kier molecular flexibility index (Phi) is 5.12. The van der Waals surface area contributed by atoms with Gasteiger partial charge in [-0.25, -0.2) is 0 Å². The van der Waals surface area contributed by atoms with Gasteiger partial charge in [0.25, 0.3) is 5.91 Å². The van der Waals surface area contributed by atoms with Crippen LogP contribution in [0.1, 0.15) is 45.6 Å². The largest absolute Gasteiger partial charge is 0.334 e. The van der Waals surface area contributed by atoms with Gasteiger partial charge in [0.05, 0.1) is 0 Å². The third-order valence-corrected chi connectivity index (χ3v) is 6.52. The van der Waals surface area contributed by atoms with E-state index < -0.39 is 0 Å². The third-order valence-electron chi connectivity index (χ3n) is 5.49. The van der Waals surface area contributed by atoms with Crippen molar-refractivity contribution in [2.24, 2.45) is 5.92 Å². The molecule has 2 aliphatic rings. The number of allylic oxidation sites excluding steroid dienone is 2. The molecule has 0 bridgehead atoms. The Morgan fingerprint density at radius 1 is 1.30 bits per heavy atom. The Hall–Kier alpha value is -2.40. The molecule has 1 aromatic heterocycles. The van der Waals surface area contributed by atoms with Gasteiger partial charge in [-0.15, -0.1) is 11.3 Å². The number of carbonyl (C=O) groups is 2. The molecular weight excluding hydrogens is 356 g/mol. The highest BCUT2D eigenvalue weighted by molar-refractivity contribution is 7.10. The second-order valence-electron chi connectivity index (χ2n) is 7.34. The molecule has 1 N–H and O–H groups in total. The lowest BCUT2D eigenvalue weighted by Gasteiger charge is -2.28. The van der Waals surface area contributed by atoms with E-state index in [2.05, 4.69) is 28.9 Å². The molecular formula is C22H24N2O2S. The third kappa shape index (κ3) is 3.83.